The molecular weight excluding hydrogens is 289 g/mol. The van der Waals surface area contributed by atoms with Gasteiger partial charge in [0.1, 0.15) is 5.75 Å². The second-order valence-corrected chi connectivity index (χ2v) is 5.42. The molecule has 7 heteroatoms. The summed E-state index contributed by atoms with van der Waals surface area (Å²) in [6.07, 6.45) is -2.68. The number of ether oxygens (including phenoxy) is 1. The average Bonchev–Trinajstić information content (AvgIpc) is 2.37. The Hall–Kier alpha value is -1.37. The first-order valence-corrected chi connectivity index (χ1v) is 7.28. The number of halogens is 3. The number of hydrogen-bond donors (Lipinski definition) is 1. The zero-order valence-electron chi connectivity index (χ0n) is 10.9. The molecule has 1 unspecified atom stereocenters. The minimum Gasteiger partial charge on any atom is -0.406 e. The number of aliphatic imine (C=N–C) groups is 1. The van der Waals surface area contributed by atoms with E-state index in [9.17, 15) is 13.2 Å². The van der Waals surface area contributed by atoms with Crippen molar-refractivity contribution < 1.29 is 17.9 Å². The molecule has 0 aliphatic carbocycles. The smallest absolute Gasteiger partial charge is 0.406 e. The summed E-state index contributed by atoms with van der Waals surface area (Å²) in [5, 5.41) is 3.78. The summed E-state index contributed by atoms with van der Waals surface area (Å²) in [4.78, 5) is 4.51. The predicted octanol–water partition coefficient (Wildman–Crippen LogP) is 4.27. The highest BCUT2D eigenvalue weighted by Crippen LogP contribution is 2.26. The lowest BCUT2D eigenvalue weighted by molar-refractivity contribution is -0.274. The van der Waals surface area contributed by atoms with E-state index in [4.69, 9.17) is 0 Å². The quantitative estimate of drug-likeness (QED) is 0.905. The summed E-state index contributed by atoms with van der Waals surface area (Å²) in [6.45, 7) is 2.07. The summed E-state index contributed by atoms with van der Waals surface area (Å²) in [7, 11) is 0. The van der Waals surface area contributed by atoms with Gasteiger partial charge >= 0.3 is 6.36 Å². The SMILES string of the molecule is CCC1CCSC(Nc2cccc(OC(F)(F)F)c2)=N1. The van der Waals surface area contributed by atoms with Gasteiger partial charge in [-0.3, -0.25) is 4.99 Å². The lowest BCUT2D eigenvalue weighted by Crippen LogP contribution is -2.20. The first-order valence-electron chi connectivity index (χ1n) is 6.29. The van der Waals surface area contributed by atoms with Crippen molar-refractivity contribution >= 4 is 22.6 Å². The largest absolute Gasteiger partial charge is 0.573 e. The molecule has 1 aromatic rings. The number of benzene rings is 1. The van der Waals surface area contributed by atoms with E-state index in [0.717, 1.165) is 23.8 Å². The van der Waals surface area contributed by atoms with Gasteiger partial charge in [-0.15, -0.1) is 13.2 Å². The normalized spacial score (nSPS) is 19.4. The Morgan fingerprint density at radius 1 is 1.45 bits per heavy atom. The Balaban J connectivity index is 2.06. The zero-order valence-corrected chi connectivity index (χ0v) is 11.7. The molecule has 1 N–H and O–H groups in total. The third kappa shape index (κ3) is 4.63. The topological polar surface area (TPSA) is 33.6 Å². The lowest BCUT2D eigenvalue weighted by atomic mass is 10.2. The average molecular weight is 304 g/mol. The van der Waals surface area contributed by atoms with Crippen molar-refractivity contribution in [2.75, 3.05) is 11.1 Å². The second kappa shape index (κ2) is 6.39. The summed E-state index contributed by atoms with van der Waals surface area (Å²) < 4.78 is 40.4. The van der Waals surface area contributed by atoms with Crippen molar-refractivity contribution in [1.29, 1.82) is 0 Å². The Bertz CT molecular complexity index is 491. The predicted molar refractivity (Wildman–Crippen MR) is 75.3 cm³/mol. The van der Waals surface area contributed by atoms with Gasteiger partial charge in [0.2, 0.25) is 0 Å². The fourth-order valence-corrected chi connectivity index (χ4v) is 2.81. The molecular formula is C13H15F3N2OS. The van der Waals surface area contributed by atoms with E-state index >= 15 is 0 Å². The second-order valence-electron chi connectivity index (χ2n) is 4.33. The molecule has 0 aromatic heterocycles. The minimum absolute atomic E-state index is 0.240. The number of rotatable bonds is 3. The maximum absolute atomic E-state index is 12.2. The summed E-state index contributed by atoms with van der Waals surface area (Å²) >= 11 is 1.57. The molecule has 0 saturated heterocycles. The highest BCUT2D eigenvalue weighted by atomic mass is 32.2. The Morgan fingerprint density at radius 3 is 2.95 bits per heavy atom. The van der Waals surface area contributed by atoms with Crippen molar-refractivity contribution in [2.24, 2.45) is 4.99 Å². The van der Waals surface area contributed by atoms with E-state index in [2.05, 4.69) is 22.0 Å². The molecule has 3 nitrogen and oxygen atoms in total. The van der Waals surface area contributed by atoms with E-state index in [1.54, 1.807) is 17.8 Å². The molecule has 0 radical (unpaired) electrons. The first kappa shape index (κ1) is 15.0. The maximum Gasteiger partial charge on any atom is 0.573 e. The van der Waals surface area contributed by atoms with Gasteiger partial charge in [-0.2, -0.15) is 0 Å². The number of thioether (sulfide) groups is 1. The molecule has 0 fully saturated rings. The molecule has 0 saturated carbocycles. The highest BCUT2D eigenvalue weighted by molar-refractivity contribution is 8.14. The number of nitrogens with zero attached hydrogens (tertiary/aromatic N) is 1. The van der Waals surface area contributed by atoms with Crippen molar-refractivity contribution in [3.05, 3.63) is 24.3 Å². The van der Waals surface area contributed by atoms with Crippen LogP contribution in [-0.4, -0.2) is 23.3 Å². The van der Waals surface area contributed by atoms with E-state index < -0.39 is 6.36 Å². The Morgan fingerprint density at radius 2 is 2.25 bits per heavy atom. The van der Waals surface area contributed by atoms with Gasteiger partial charge in [0, 0.05) is 17.5 Å². The van der Waals surface area contributed by atoms with Crippen LogP contribution in [0.5, 0.6) is 5.75 Å². The molecule has 1 atom stereocenters. The molecule has 1 aliphatic heterocycles. The number of anilines is 1. The van der Waals surface area contributed by atoms with Crippen LogP contribution in [0.2, 0.25) is 0 Å². The summed E-state index contributed by atoms with van der Waals surface area (Å²) in [6, 6.07) is 6.06. The molecule has 110 valence electrons. The van der Waals surface area contributed by atoms with Crippen LogP contribution in [0.3, 0.4) is 0 Å². The van der Waals surface area contributed by atoms with Crippen molar-refractivity contribution in [3.8, 4) is 5.75 Å². The Kier molecular flexibility index (Phi) is 4.80. The van der Waals surface area contributed by atoms with Gasteiger partial charge in [-0.05, 0) is 25.0 Å². The van der Waals surface area contributed by atoms with Gasteiger partial charge in [0.05, 0.1) is 6.04 Å². The summed E-state index contributed by atoms with van der Waals surface area (Å²) in [5.74, 6) is 0.722. The van der Waals surface area contributed by atoms with Crippen LogP contribution >= 0.6 is 11.8 Å². The zero-order chi connectivity index (χ0) is 14.6. The van der Waals surface area contributed by atoms with Crippen LogP contribution in [0, 0.1) is 0 Å². The lowest BCUT2D eigenvalue weighted by Gasteiger charge is -2.19. The van der Waals surface area contributed by atoms with Gasteiger partial charge in [-0.25, -0.2) is 0 Å². The van der Waals surface area contributed by atoms with Crippen LogP contribution in [0.4, 0.5) is 18.9 Å². The number of hydrogen-bond acceptors (Lipinski definition) is 4. The highest BCUT2D eigenvalue weighted by Gasteiger charge is 2.31. The third-order valence-corrected chi connectivity index (χ3v) is 3.70. The van der Waals surface area contributed by atoms with Crippen molar-refractivity contribution in [1.82, 2.24) is 0 Å². The number of alkyl halides is 3. The third-order valence-electron chi connectivity index (χ3n) is 2.78. The van der Waals surface area contributed by atoms with Crippen LogP contribution < -0.4 is 10.1 Å². The Labute approximate surface area is 119 Å². The van der Waals surface area contributed by atoms with Gasteiger partial charge in [-0.1, -0.05) is 24.8 Å². The van der Waals surface area contributed by atoms with E-state index in [-0.39, 0.29) is 11.8 Å². The molecule has 2 rings (SSSR count). The van der Waals surface area contributed by atoms with Gasteiger partial charge in [0.25, 0.3) is 0 Å². The van der Waals surface area contributed by atoms with E-state index in [0.29, 0.717) is 5.69 Å². The number of amidine groups is 1. The van der Waals surface area contributed by atoms with Crippen LogP contribution in [-0.2, 0) is 0 Å². The van der Waals surface area contributed by atoms with Crippen molar-refractivity contribution in [2.45, 2.75) is 32.2 Å². The minimum atomic E-state index is -4.68. The van der Waals surface area contributed by atoms with Crippen LogP contribution in [0.25, 0.3) is 0 Å². The van der Waals surface area contributed by atoms with Gasteiger partial charge in [0.15, 0.2) is 5.17 Å². The molecule has 0 amide bonds. The fourth-order valence-electron chi connectivity index (χ4n) is 1.82. The number of nitrogens with one attached hydrogen (secondary N) is 1. The van der Waals surface area contributed by atoms with Crippen molar-refractivity contribution in [3.63, 3.8) is 0 Å². The fraction of sp³-hybridized carbons (Fsp3) is 0.462. The summed E-state index contributed by atoms with van der Waals surface area (Å²) in [5.41, 5.74) is 0.537. The van der Waals surface area contributed by atoms with E-state index in [1.165, 1.54) is 18.2 Å². The molecule has 0 spiro atoms. The maximum atomic E-state index is 12.2. The van der Waals surface area contributed by atoms with Gasteiger partial charge < -0.3 is 10.1 Å². The molecule has 20 heavy (non-hydrogen) atoms. The molecule has 1 aliphatic rings. The van der Waals surface area contributed by atoms with Crippen LogP contribution in [0.15, 0.2) is 29.3 Å². The molecule has 1 heterocycles. The first-order chi connectivity index (χ1) is 9.46. The molecule has 1 aromatic carbocycles. The van der Waals surface area contributed by atoms with Crippen LogP contribution in [0.1, 0.15) is 19.8 Å². The molecule has 0 bridgehead atoms. The standard InChI is InChI=1S/C13H15F3N2OS/c1-2-9-6-7-20-12(17-9)18-10-4-3-5-11(8-10)19-13(14,15)16/h3-5,8-9H,2,6-7H2,1H3,(H,17,18). The van der Waals surface area contributed by atoms with E-state index in [1.807, 2.05) is 0 Å². The monoisotopic (exact) mass is 304 g/mol.